The van der Waals surface area contributed by atoms with Gasteiger partial charge in [-0.05, 0) is 13.8 Å². The maximum Gasteiger partial charge on any atom is 0.350 e. The Hall–Kier alpha value is -0.216. The Morgan fingerprint density at radius 3 is 2.17 bits per heavy atom. The van der Waals surface area contributed by atoms with Crippen LogP contribution in [0.3, 0.4) is 0 Å². The zero-order chi connectivity index (χ0) is 9.07. The van der Waals surface area contributed by atoms with E-state index in [0.717, 1.165) is 0 Å². The van der Waals surface area contributed by atoms with Gasteiger partial charge >= 0.3 is 5.97 Å². The SMILES string of the molecule is [CH2-]C([CH2-])=NOC(C)(C)C(=O)O.[Y]. The van der Waals surface area contributed by atoms with Gasteiger partial charge in [0.05, 0.1) is 0 Å². The molecular weight excluding hydrogens is 235 g/mol. The minimum Gasteiger partial charge on any atom is -0.478 e. The Balaban J connectivity index is 0. The molecule has 0 fully saturated rings. The van der Waals surface area contributed by atoms with E-state index in [1.807, 2.05) is 0 Å². The van der Waals surface area contributed by atoms with Crippen molar-refractivity contribution in [1.29, 1.82) is 0 Å². The molecule has 0 rings (SSSR count). The summed E-state index contributed by atoms with van der Waals surface area (Å²) in [5.41, 5.74) is -1.12. The number of hydrogen-bond donors (Lipinski definition) is 1. The second kappa shape index (κ2) is 5.43. The van der Waals surface area contributed by atoms with Crippen molar-refractivity contribution in [2.75, 3.05) is 0 Å². The standard InChI is InChI=1S/C7H11NO3.Y/c1-5(2)8-11-7(3,4)6(9)10;/h1-2H2,3-4H3,(H,9,10);/q-2;. The molecule has 1 radical (unpaired) electrons. The first-order valence-corrected chi connectivity index (χ1v) is 3.00. The van der Waals surface area contributed by atoms with Gasteiger partial charge in [0.25, 0.3) is 0 Å². The van der Waals surface area contributed by atoms with Crippen LogP contribution in [0, 0.1) is 13.8 Å². The van der Waals surface area contributed by atoms with Crippen molar-refractivity contribution in [3.63, 3.8) is 0 Å². The summed E-state index contributed by atoms with van der Waals surface area (Å²) in [6.07, 6.45) is 0. The first-order chi connectivity index (χ1) is 4.86. The number of rotatable bonds is 3. The number of aliphatic carboxylic acids is 1. The largest absolute Gasteiger partial charge is 0.478 e. The predicted molar refractivity (Wildman–Crippen MR) is 40.9 cm³/mol. The Bertz CT molecular complexity index is 185. The van der Waals surface area contributed by atoms with Crippen LogP contribution in [0.1, 0.15) is 13.8 Å². The van der Waals surface area contributed by atoms with Crippen LogP contribution in [0.15, 0.2) is 5.16 Å². The molecule has 1 N–H and O–H groups in total. The van der Waals surface area contributed by atoms with Crippen molar-refractivity contribution in [3.05, 3.63) is 13.8 Å². The molecule has 0 aliphatic rings. The molecule has 4 nitrogen and oxygen atoms in total. The molecule has 12 heavy (non-hydrogen) atoms. The molecule has 0 aliphatic heterocycles. The van der Waals surface area contributed by atoms with Crippen LogP contribution in [-0.2, 0) is 42.3 Å². The normalized spacial score (nSPS) is 9.50. The Labute approximate surface area is 97.2 Å². The van der Waals surface area contributed by atoms with Crippen LogP contribution in [0.2, 0.25) is 0 Å². The summed E-state index contributed by atoms with van der Waals surface area (Å²) in [5.74, 6) is -1.08. The third-order valence-corrected chi connectivity index (χ3v) is 0.918. The maximum atomic E-state index is 10.4. The fraction of sp³-hybridized carbons (Fsp3) is 0.429. The third kappa shape index (κ3) is 5.44. The fourth-order valence-corrected chi connectivity index (χ4v) is 0.218. The zero-order valence-electron chi connectivity index (χ0n) is 7.20. The van der Waals surface area contributed by atoms with Crippen LogP contribution in [-0.4, -0.2) is 22.4 Å². The van der Waals surface area contributed by atoms with Crippen molar-refractivity contribution >= 4 is 11.7 Å². The molecule has 0 spiro atoms. The molecule has 0 amide bonds. The monoisotopic (exact) mass is 246 g/mol. The fourth-order valence-electron chi connectivity index (χ4n) is 0.218. The van der Waals surface area contributed by atoms with Crippen LogP contribution in [0.4, 0.5) is 0 Å². The summed E-state index contributed by atoms with van der Waals surface area (Å²) >= 11 is 0. The van der Waals surface area contributed by atoms with Gasteiger partial charge in [0, 0.05) is 32.7 Å². The molecule has 0 bridgehead atoms. The minimum atomic E-state index is -1.32. The summed E-state index contributed by atoms with van der Waals surface area (Å²) in [7, 11) is 0. The first-order valence-electron chi connectivity index (χ1n) is 3.00. The van der Waals surface area contributed by atoms with E-state index in [0.29, 0.717) is 0 Å². The molecule has 0 aromatic heterocycles. The zero-order valence-corrected chi connectivity index (χ0v) is 10.0. The quantitative estimate of drug-likeness (QED) is 0.457. The predicted octanol–water partition coefficient (Wildman–Crippen LogP) is 0.888. The van der Waals surface area contributed by atoms with Crippen LogP contribution < -0.4 is 0 Å². The van der Waals surface area contributed by atoms with Crippen LogP contribution >= 0.6 is 0 Å². The van der Waals surface area contributed by atoms with Gasteiger partial charge in [-0.25, -0.2) is 10.5 Å². The van der Waals surface area contributed by atoms with Crippen LogP contribution in [0.25, 0.3) is 0 Å². The van der Waals surface area contributed by atoms with E-state index in [-0.39, 0.29) is 38.4 Å². The average molecular weight is 246 g/mol. The Morgan fingerprint density at radius 2 is 1.92 bits per heavy atom. The molecule has 67 valence electrons. The topological polar surface area (TPSA) is 58.9 Å². The van der Waals surface area contributed by atoms with Crippen molar-refractivity contribution in [3.8, 4) is 0 Å². The molecular formula is C7H11NO3Y-2. The number of hydrogen-bond acceptors (Lipinski definition) is 3. The van der Waals surface area contributed by atoms with Crippen molar-refractivity contribution in [2.45, 2.75) is 19.4 Å². The summed E-state index contributed by atoms with van der Waals surface area (Å²) in [4.78, 5) is 15.0. The van der Waals surface area contributed by atoms with Gasteiger partial charge in [0.2, 0.25) is 5.60 Å². The summed E-state index contributed by atoms with van der Waals surface area (Å²) in [5, 5.41) is 11.9. The number of carboxylic acid groups (broad SMARTS) is 1. The maximum absolute atomic E-state index is 10.4. The minimum absolute atomic E-state index is 0. The van der Waals surface area contributed by atoms with E-state index in [9.17, 15) is 4.79 Å². The van der Waals surface area contributed by atoms with Gasteiger partial charge in [-0.15, -0.1) is 0 Å². The smallest absolute Gasteiger partial charge is 0.350 e. The number of oxime groups is 1. The van der Waals surface area contributed by atoms with Crippen molar-refractivity contribution in [2.24, 2.45) is 5.16 Å². The van der Waals surface area contributed by atoms with Gasteiger partial charge in [-0.3, -0.25) is 0 Å². The summed E-state index contributed by atoms with van der Waals surface area (Å²) in [6, 6.07) is 0. The van der Waals surface area contributed by atoms with E-state index in [4.69, 9.17) is 5.11 Å². The van der Waals surface area contributed by atoms with Crippen molar-refractivity contribution in [1.82, 2.24) is 0 Å². The van der Waals surface area contributed by atoms with Gasteiger partial charge in [-0.2, -0.15) is 5.16 Å². The van der Waals surface area contributed by atoms with E-state index < -0.39 is 11.6 Å². The van der Waals surface area contributed by atoms with E-state index in [2.05, 4.69) is 23.8 Å². The first kappa shape index (κ1) is 14.3. The van der Waals surface area contributed by atoms with E-state index >= 15 is 0 Å². The summed E-state index contributed by atoms with van der Waals surface area (Å²) < 4.78 is 0. The van der Waals surface area contributed by atoms with Gasteiger partial charge < -0.3 is 23.8 Å². The number of nitrogens with zero attached hydrogens (tertiary/aromatic N) is 1. The van der Waals surface area contributed by atoms with Gasteiger partial charge in [0.1, 0.15) is 0 Å². The second-order valence-electron chi connectivity index (χ2n) is 2.56. The van der Waals surface area contributed by atoms with Gasteiger partial charge in [-0.1, -0.05) is 0 Å². The molecule has 0 aromatic rings. The Kier molecular flexibility index (Phi) is 6.48. The van der Waals surface area contributed by atoms with Crippen molar-refractivity contribution < 1.29 is 47.4 Å². The second-order valence-corrected chi connectivity index (χ2v) is 2.56. The molecule has 0 aromatic carbocycles. The van der Waals surface area contributed by atoms with Crippen LogP contribution in [0.5, 0.6) is 0 Å². The molecule has 0 unspecified atom stereocenters. The average Bonchev–Trinajstić information content (AvgIpc) is 1.84. The molecule has 0 saturated carbocycles. The molecule has 0 saturated heterocycles. The Morgan fingerprint density at radius 1 is 1.50 bits per heavy atom. The molecule has 5 heteroatoms. The molecule has 0 atom stereocenters. The third-order valence-electron chi connectivity index (χ3n) is 0.918. The van der Waals surface area contributed by atoms with E-state index in [1.54, 1.807) is 0 Å². The van der Waals surface area contributed by atoms with Gasteiger partial charge in [0.15, 0.2) is 0 Å². The summed E-state index contributed by atoms with van der Waals surface area (Å²) in [6.45, 7) is 9.42. The molecule has 0 aliphatic carbocycles. The van der Waals surface area contributed by atoms with E-state index in [1.165, 1.54) is 13.8 Å². The number of carboxylic acids is 1. The molecule has 0 heterocycles. The number of carbonyl (C=O) groups is 1.